The molecule has 110 valence electrons. The van der Waals surface area contributed by atoms with Crippen LogP contribution in [0.5, 0.6) is 0 Å². The molecule has 0 amide bonds. The molecule has 2 N–H and O–H groups in total. The van der Waals surface area contributed by atoms with Crippen LogP contribution in [-0.2, 0) is 0 Å². The first kappa shape index (κ1) is 12.4. The van der Waals surface area contributed by atoms with Gasteiger partial charge in [0.05, 0.1) is 6.04 Å². The van der Waals surface area contributed by atoms with E-state index in [0.717, 1.165) is 50.5 Å². The lowest BCUT2D eigenvalue weighted by Gasteiger charge is -2.29. The molecule has 0 spiro atoms. The van der Waals surface area contributed by atoms with E-state index >= 15 is 0 Å². The zero-order valence-electron chi connectivity index (χ0n) is 12.0. The van der Waals surface area contributed by atoms with Gasteiger partial charge in [-0.25, -0.2) is 4.68 Å². The summed E-state index contributed by atoms with van der Waals surface area (Å²) in [5.41, 5.74) is 0. The Kier molecular flexibility index (Phi) is 3.26. The van der Waals surface area contributed by atoms with E-state index in [2.05, 4.69) is 20.2 Å². The number of piperazine rings is 1. The first-order valence-electron chi connectivity index (χ1n) is 8.08. The van der Waals surface area contributed by atoms with Crippen LogP contribution in [0.2, 0.25) is 0 Å². The predicted octanol–water partition coefficient (Wildman–Crippen LogP) is 1.23. The van der Waals surface area contributed by atoms with Crippen molar-refractivity contribution in [2.45, 2.75) is 38.1 Å². The standard InChI is InChI=1S/C14H24N6/c1-2-4-11(3-1)12-5-6-16-13-17-14(18-20(12)13)19-9-7-15-8-10-19/h11-12,15H,1-10H2,(H,16,17,18). The van der Waals surface area contributed by atoms with Gasteiger partial charge in [-0.05, 0) is 25.2 Å². The van der Waals surface area contributed by atoms with Gasteiger partial charge in [-0.2, -0.15) is 4.98 Å². The van der Waals surface area contributed by atoms with Crippen LogP contribution < -0.4 is 15.5 Å². The van der Waals surface area contributed by atoms with Crippen molar-refractivity contribution in [2.75, 3.05) is 42.9 Å². The highest BCUT2D eigenvalue weighted by molar-refractivity contribution is 5.39. The van der Waals surface area contributed by atoms with Gasteiger partial charge in [0.2, 0.25) is 11.9 Å². The Hall–Kier alpha value is -1.30. The second kappa shape index (κ2) is 5.24. The number of anilines is 2. The molecular weight excluding hydrogens is 252 g/mol. The summed E-state index contributed by atoms with van der Waals surface area (Å²) in [4.78, 5) is 7.04. The average Bonchev–Trinajstić information content (AvgIpc) is 3.17. The van der Waals surface area contributed by atoms with Crippen molar-refractivity contribution in [1.82, 2.24) is 20.1 Å². The van der Waals surface area contributed by atoms with E-state index < -0.39 is 0 Å². The largest absolute Gasteiger partial charge is 0.354 e. The number of hydrogen-bond donors (Lipinski definition) is 2. The summed E-state index contributed by atoms with van der Waals surface area (Å²) < 4.78 is 2.19. The fourth-order valence-corrected chi connectivity index (χ4v) is 3.89. The lowest BCUT2D eigenvalue weighted by molar-refractivity contribution is 0.289. The lowest BCUT2D eigenvalue weighted by Crippen LogP contribution is -2.44. The lowest BCUT2D eigenvalue weighted by atomic mass is 9.95. The molecule has 2 aliphatic heterocycles. The fourth-order valence-electron chi connectivity index (χ4n) is 3.89. The molecule has 3 aliphatic rings. The first-order valence-corrected chi connectivity index (χ1v) is 8.08. The van der Waals surface area contributed by atoms with Crippen molar-refractivity contribution in [3.05, 3.63) is 0 Å². The summed E-state index contributed by atoms with van der Waals surface area (Å²) >= 11 is 0. The molecule has 20 heavy (non-hydrogen) atoms. The van der Waals surface area contributed by atoms with E-state index in [-0.39, 0.29) is 0 Å². The van der Waals surface area contributed by atoms with E-state index in [9.17, 15) is 0 Å². The maximum absolute atomic E-state index is 4.84. The summed E-state index contributed by atoms with van der Waals surface area (Å²) in [5.74, 6) is 2.72. The number of fused-ring (bicyclic) bond motifs is 1. The summed E-state index contributed by atoms with van der Waals surface area (Å²) in [6.45, 7) is 5.13. The van der Waals surface area contributed by atoms with Gasteiger partial charge in [0.1, 0.15) is 0 Å². The third-order valence-electron chi connectivity index (χ3n) is 5.00. The highest BCUT2D eigenvalue weighted by atomic mass is 15.5. The monoisotopic (exact) mass is 276 g/mol. The Morgan fingerprint density at radius 2 is 1.80 bits per heavy atom. The summed E-state index contributed by atoms with van der Waals surface area (Å²) in [5, 5.41) is 11.6. The smallest absolute Gasteiger partial charge is 0.246 e. The van der Waals surface area contributed by atoms with Gasteiger partial charge in [0.25, 0.3) is 0 Å². The molecule has 6 heteroatoms. The van der Waals surface area contributed by atoms with E-state index in [0.29, 0.717) is 6.04 Å². The van der Waals surface area contributed by atoms with Crippen LogP contribution in [0, 0.1) is 5.92 Å². The van der Waals surface area contributed by atoms with Gasteiger partial charge < -0.3 is 15.5 Å². The Balaban J connectivity index is 1.59. The van der Waals surface area contributed by atoms with Crippen LogP contribution in [-0.4, -0.2) is 47.5 Å². The molecule has 1 saturated carbocycles. The van der Waals surface area contributed by atoms with Gasteiger partial charge in [0, 0.05) is 32.7 Å². The number of aromatic nitrogens is 3. The van der Waals surface area contributed by atoms with E-state index in [4.69, 9.17) is 10.1 Å². The SMILES string of the molecule is C1CCC(C2CCNc3nc(N4CCNCC4)nn32)C1. The Morgan fingerprint density at radius 1 is 1.00 bits per heavy atom. The Labute approximate surface area is 119 Å². The molecule has 1 aromatic rings. The summed E-state index contributed by atoms with van der Waals surface area (Å²) in [6, 6.07) is 0.568. The van der Waals surface area contributed by atoms with Crippen molar-refractivity contribution >= 4 is 11.9 Å². The second-order valence-corrected chi connectivity index (χ2v) is 6.24. The molecule has 1 aliphatic carbocycles. The number of hydrogen-bond acceptors (Lipinski definition) is 5. The highest BCUT2D eigenvalue weighted by Gasteiger charge is 2.32. The van der Waals surface area contributed by atoms with E-state index in [1.807, 2.05) is 0 Å². The molecule has 0 radical (unpaired) electrons. The maximum atomic E-state index is 4.84. The van der Waals surface area contributed by atoms with Crippen LogP contribution in [0.1, 0.15) is 38.1 Å². The normalized spacial score (nSPS) is 27.4. The molecule has 1 unspecified atom stereocenters. The average molecular weight is 276 g/mol. The van der Waals surface area contributed by atoms with Crippen molar-refractivity contribution in [3.63, 3.8) is 0 Å². The minimum Gasteiger partial charge on any atom is -0.354 e. The van der Waals surface area contributed by atoms with Gasteiger partial charge in [-0.1, -0.05) is 12.8 Å². The van der Waals surface area contributed by atoms with Crippen molar-refractivity contribution in [3.8, 4) is 0 Å². The molecule has 1 aromatic heterocycles. The Morgan fingerprint density at radius 3 is 2.60 bits per heavy atom. The molecule has 6 nitrogen and oxygen atoms in total. The Bertz CT molecular complexity index is 458. The molecule has 1 atom stereocenters. The maximum Gasteiger partial charge on any atom is 0.246 e. The molecule has 4 rings (SSSR count). The molecule has 3 heterocycles. The quantitative estimate of drug-likeness (QED) is 0.851. The van der Waals surface area contributed by atoms with Gasteiger partial charge >= 0.3 is 0 Å². The molecular formula is C14H24N6. The third kappa shape index (κ3) is 2.16. The fraction of sp³-hybridized carbons (Fsp3) is 0.857. The van der Waals surface area contributed by atoms with Gasteiger partial charge in [-0.3, -0.25) is 0 Å². The third-order valence-corrected chi connectivity index (χ3v) is 5.00. The zero-order chi connectivity index (χ0) is 13.4. The molecule has 1 saturated heterocycles. The molecule has 0 bridgehead atoms. The van der Waals surface area contributed by atoms with Crippen molar-refractivity contribution in [2.24, 2.45) is 5.92 Å². The first-order chi connectivity index (χ1) is 9.92. The number of rotatable bonds is 2. The van der Waals surface area contributed by atoms with Crippen LogP contribution in [0.3, 0.4) is 0 Å². The highest BCUT2D eigenvalue weighted by Crippen LogP contribution is 2.39. The van der Waals surface area contributed by atoms with Gasteiger partial charge in [-0.15, -0.1) is 5.10 Å². The zero-order valence-corrected chi connectivity index (χ0v) is 12.0. The van der Waals surface area contributed by atoms with Crippen molar-refractivity contribution < 1.29 is 0 Å². The predicted molar refractivity (Wildman–Crippen MR) is 79.2 cm³/mol. The van der Waals surface area contributed by atoms with Crippen LogP contribution in [0.4, 0.5) is 11.9 Å². The van der Waals surface area contributed by atoms with Crippen molar-refractivity contribution in [1.29, 1.82) is 0 Å². The molecule has 2 fully saturated rings. The van der Waals surface area contributed by atoms with E-state index in [1.54, 1.807) is 0 Å². The molecule has 0 aromatic carbocycles. The minimum absolute atomic E-state index is 0.568. The van der Waals surface area contributed by atoms with Crippen LogP contribution in [0.25, 0.3) is 0 Å². The summed E-state index contributed by atoms with van der Waals surface area (Å²) in [6.07, 6.45) is 6.72. The van der Waals surface area contributed by atoms with E-state index in [1.165, 1.54) is 32.1 Å². The number of nitrogens with zero attached hydrogens (tertiary/aromatic N) is 4. The van der Waals surface area contributed by atoms with Crippen LogP contribution >= 0.6 is 0 Å². The topological polar surface area (TPSA) is 58.0 Å². The second-order valence-electron chi connectivity index (χ2n) is 6.24. The van der Waals surface area contributed by atoms with Crippen LogP contribution in [0.15, 0.2) is 0 Å². The van der Waals surface area contributed by atoms with Gasteiger partial charge in [0.15, 0.2) is 0 Å². The minimum atomic E-state index is 0.568. The number of nitrogens with one attached hydrogen (secondary N) is 2. The summed E-state index contributed by atoms with van der Waals surface area (Å²) in [7, 11) is 0.